The second-order valence-corrected chi connectivity index (χ2v) is 5.70. The number of halogens is 3. The van der Waals surface area contributed by atoms with E-state index in [-0.39, 0.29) is 17.9 Å². The van der Waals surface area contributed by atoms with Gasteiger partial charge in [0.2, 0.25) is 0 Å². The molecule has 3 rings (SSSR count). The summed E-state index contributed by atoms with van der Waals surface area (Å²) in [5, 5.41) is 0. The third kappa shape index (κ3) is 2.59. The van der Waals surface area contributed by atoms with Crippen LogP contribution in [0.15, 0.2) is 24.3 Å². The lowest BCUT2D eigenvalue weighted by Crippen LogP contribution is -2.42. The summed E-state index contributed by atoms with van der Waals surface area (Å²) >= 11 is 0. The number of rotatable bonds is 2. The predicted octanol–water partition coefficient (Wildman–Crippen LogP) is 3.40. The monoisotopic (exact) mass is 283 g/mol. The fraction of sp³-hybridized carbons (Fsp3) is 0.533. The van der Waals surface area contributed by atoms with Crippen molar-refractivity contribution >= 4 is 5.78 Å². The average Bonchev–Trinajstić information content (AvgIpc) is 2.61. The molecule has 108 valence electrons. The number of ketones is 1. The molecule has 0 spiro atoms. The second-order valence-electron chi connectivity index (χ2n) is 5.70. The third-order valence-electron chi connectivity index (χ3n) is 4.32. The zero-order valence-electron chi connectivity index (χ0n) is 11.0. The molecular weight excluding hydrogens is 267 g/mol. The molecule has 2 aliphatic heterocycles. The lowest BCUT2D eigenvalue weighted by Gasteiger charge is -2.34. The van der Waals surface area contributed by atoms with Crippen LogP contribution in [0.4, 0.5) is 13.2 Å². The van der Waals surface area contributed by atoms with Crippen molar-refractivity contribution in [1.82, 2.24) is 4.90 Å². The Balaban J connectivity index is 1.77. The molecule has 20 heavy (non-hydrogen) atoms. The number of fused-ring (bicyclic) bond motifs is 2. The fourth-order valence-electron chi connectivity index (χ4n) is 3.38. The maximum Gasteiger partial charge on any atom is 0.416 e. The lowest BCUT2D eigenvalue weighted by atomic mass is 10.00. The summed E-state index contributed by atoms with van der Waals surface area (Å²) < 4.78 is 38.1. The Morgan fingerprint density at radius 2 is 1.80 bits per heavy atom. The van der Waals surface area contributed by atoms with Gasteiger partial charge in [0.05, 0.1) is 5.56 Å². The molecule has 1 aromatic rings. The summed E-state index contributed by atoms with van der Waals surface area (Å²) in [6.45, 7) is 0.506. The van der Waals surface area contributed by atoms with E-state index in [9.17, 15) is 18.0 Å². The molecule has 2 heterocycles. The van der Waals surface area contributed by atoms with Crippen LogP contribution in [-0.2, 0) is 17.5 Å². The van der Waals surface area contributed by atoms with Crippen LogP contribution in [-0.4, -0.2) is 22.8 Å². The Labute approximate surface area is 115 Å². The van der Waals surface area contributed by atoms with Crippen molar-refractivity contribution in [3.63, 3.8) is 0 Å². The molecule has 0 aliphatic carbocycles. The molecular formula is C15H16F3NO. The first-order chi connectivity index (χ1) is 9.43. The van der Waals surface area contributed by atoms with Crippen molar-refractivity contribution in [3.8, 4) is 0 Å². The van der Waals surface area contributed by atoms with Gasteiger partial charge in [-0.2, -0.15) is 13.2 Å². The van der Waals surface area contributed by atoms with Gasteiger partial charge in [0.15, 0.2) is 0 Å². The van der Waals surface area contributed by atoms with Gasteiger partial charge in [0, 0.05) is 31.5 Å². The van der Waals surface area contributed by atoms with Crippen LogP contribution in [0.1, 0.15) is 36.8 Å². The molecule has 0 aromatic heterocycles. The molecule has 0 radical (unpaired) electrons. The Bertz CT molecular complexity index is 510. The zero-order valence-corrected chi connectivity index (χ0v) is 11.0. The standard InChI is InChI=1S/C15H16F3NO/c16-15(17,18)11-3-1-2-10(6-11)9-19-12-4-5-13(19)8-14(20)7-12/h1-3,6,12-13H,4-5,7-9H2. The van der Waals surface area contributed by atoms with Crippen molar-refractivity contribution in [3.05, 3.63) is 35.4 Å². The van der Waals surface area contributed by atoms with E-state index in [1.807, 2.05) is 0 Å². The van der Waals surface area contributed by atoms with Gasteiger partial charge in [-0.3, -0.25) is 9.69 Å². The minimum Gasteiger partial charge on any atom is -0.300 e. The highest BCUT2D eigenvalue weighted by atomic mass is 19.4. The van der Waals surface area contributed by atoms with Gasteiger partial charge in [-0.15, -0.1) is 0 Å². The minimum absolute atomic E-state index is 0.218. The highest BCUT2D eigenvalue weighted by Crippen LogP contribution is 2.36. The predicted molar refractivity (Wildman–Crippen MR) is 68.0 cm³/mol. The van der Waals surface area contributed by atoms with Crippen LogP contribution in [0.25, 0.3) is 0 Å². The molecule has 1 aromatic carbocycles. The smallest absolute Gasteiger partial charge is 0.300 e. The second kappa shape index (κ2) is 4.88. The minimum atomic E-state index is -4.30. The van der Waals surface area contributed by atoms with Gasteiger partial charge in [-0.05, 0) is 24.5 Å². The normalized spacial score (nSPS) is 27.1. The van der Waals surface area contributed by atoms with E-state index < -0.39 is 11.7 Å². The Hall–Kier alpha value is -1.36. The van der Waals surface area contributed by atoms with Gasteiger partial charge in [-0.1, -0.05) is 18.2 Å². The highest BCUT2D eigenvalue weighted by molar-refractivity contribution is 5.80. The molecule has 2 fully saturated rings. The van der Waals surface area contributed by atoms with Crippen molar-refractivity contribution < 1.29 is 18.0 Å². The largest absolute Gasteiger partial charge is 0.416 e. The van der Waals surface area contributed by atoms with Gasteiger partial charge < -0.3 is 0 Å². The Morgan fingerprint density at radius 1 is 1.15 bits per heavy atom. The summed E-state index contributed by atoms with van der Waals surface area (Å²) in [6.07, 6.45) is -1.23. The molecule has 2 saturated heterocycles. The van der Waals surface area contributed by atoms with Gasteiger partial charge in [-0.25, -0.2) is 0 Å². The van der Waals surface area contributed by atoms with Gasteiger partial charge in [0.1, 0.15) is 5.78 Å². The van der Waals surface area contributed by atoms with Crippen LogP contribution < -0.4 is 0 Å². The van der Waals surface area contributed by atoms with Gasteiger partial charge >= 0.3 is 6.18 Å². The van der Waals surface area contributed by atoms with Crippen molar-refractivity contribution in [2.24, 2.45) is 0 Å². The summed E-state index contributed by atoms with van der Waals surface area (Å²) in [4.78, 5) is 13.7. The van der Waals surface area contributed by atoms with Crippen LogP contribution >= 0.6 is 0 Å². The number of hydrogen-bond donors (Lipinski definition) is 0. The number of nitrogens with zero attached hydrogens (tertiary/aromatic N) is 1. The van der Waals surface area contributed by atoms with Crippen LogP contribution in [0.2, 0.25) is 0 Å². The number of carbonyl (C=O) groups is 1. The number of hydrogen-bond acceptors (Lipinski definition) is 2. The van der Waals surface area contributed by atoms with Crippen LogP contribution in [0.5, 0.6) is 0 Å². The van der Waals surface area contributed by atoms with Crippen molar-refractivity contribution in [1.29, 1.82) is 0 Å². The fourth-order valence-corrected chi connectivity index (χ4v) is 3.38. The van der Waals surface area contributed by atoms with E-state index in [0.29, 0.717) is 24.9 Å². The summed E-state index contributed by atoms with van der Waals surface area (Å²) in [5.74, 6) is 0.290. The van der Waals surface area contributed by atoms with E-state index in [1.54, 1.807) is 6.07 Å². The number of piperidine rings is 1. The van der Waals surface area contributed by atoms with E-state index in [2.05, 4.69) is 4.90 Å². The van der Waals surface area contributed by atoms with Gasteiger partial charge in [0.25, 0.3) is 0 Å². The number of benzene rings is 1. The summed E-state index contributed by atoms with van der Waals surface area (Å²) in [7, 11) is 0. The molecule has 0 saturated carbocycles. The molecule has 2 nitrogen and oxygen atoms in total. The summed E-state index contributed by atoms with van der Waals surface area (Å²) in [6, 6.07) is 5.93. The first kappa shape index (κ1) is 13.6. The molecule has 2 atom stereocenters. The zero-order chi connectivity index (χ0) is 14.3. The third-order valence-corrected chi connectivity index (χ3v) is 4.32. The van der Waals surface area contributed by atoms with E-state index in [0.717, 1.165) is 18.9 Å². The molecule has 0 amide bonds. The van der Waals surface area contributed by atoms with Crippen molar-refractivity contribution in [2.45, 2.75) is 50.5 Å². The van der Waals surface area contributed by atoms with E-state index >= 15 is 0 Å². The number of alkyl halides is 3. The maximum atomic E-state index is 12.7. The van der Waals surface area contributed by atoms with E-state index in [1.165, 1.54) is 12.1 Å². The topological polar surface area (TPSA) is 20.3 Å². The molecule has 2 unspecified atom stereocenters. The first-order valence-corrected chi connectivity index (χ1v) is 6.87. The molecule has 5 heteroatoms. The first-order valence-electron chi connectivity index (χ1n) is 6.87. The lowest BCUT2D eigenvalue weighted by molar-refractivity contribution is -0.137. The Morgan fingerprint density at radius 3 is 2.40 bits per heavy atom. The molecule has 2 aliphatic rings. The maximum absolute atomic E-state index is 12.7. The number of carbonyl (C=O) groups excluding carboxylic acids is 1. The average molecular weight is 283 g/mol. The molecule has 2 bridgehead atoms. The SMILES string of the molecule is O=C1CC2CCC(C1)N2Cc1cccc(C(F)(F)F)c1. The number of Topliss-reactive ketones (excluding diaryl/α,β-unsaturated/α-hetero) is 1. The Kier molecular flexibility index (Phi) is 3.32. The van der Waals surface area contributed by atoms with E-state index in [4.69, 9.17) is 0 Å². The van der Waals surface area contributed by atoms with Crippen LogP contribution in [0.3, 0.4) is 0 Å². The van der Waals surface area contributed by atoms with Crippen LogP contribution in [0, 0.1) is 0 Å². The quantitative estimate of drug-likeness (QED) is 0.829. The molecule has 0 N–H and O–H groups in total. The highest BCUT2D eigenvalue weighted by Gasteiger charge is 2.40. The van der Waals surface area contributed by atoms with Crippen molar-refractivity contribution in [2.75, 3.05) is 0 Å². The summed E-state index contributed by atoms with van der Waals surface area (Å²) in [5.41, 5.74) is 0.0708.